The number of carbonyl (C=O) groups excluding carboxylic acids is 4. The molecule has 0 amide bonds. The number of hydrogen-bond acceptors (Lipinski definition) is 7. The number of ketones is 2. The fourth-order valence-corrected chi connectivity index (χ4v) is 8.48. The summed E-state index contributed by atoms with van der Waals surface area (Å²) in [6, 6.07) is 0. The van der Waals surface area contributed by atoms with Gasteiger partial charge in [0.2, 0.25) is 5.78 Å². The number of allylic oxidation sites excluding steroid dienone is 4. The minimum Gasteiger partial charge on any atom is -0.458 e. The van der Waals surface area contributed by atoms with E-state index in [-0.39, 0.29) is 41.3 Å². The van der Waals surface area contributed by atoms with Crippen LogP contribution in [0.2, 0.25) is 0 Å². The zero-order valence-electron chi connectivity index (χ0n) is 21.9. The van der Waals surface area contributed by atoms with Gasteiger partial charge in [0.1, 0.15) is 0 Å². The summed E-state index contributed by atoms with van der Waals surface area (Å²) >= 11 is 7.04. The molecule has 0 spiro atoms. The quantitative estimate of drug-likeness (QED) is 0.434. The number of Topliss-reactive ketones (excluding diaryl/α,β-unsaturated/α-hetero) is 1. The first-order valence-corrected chi connectivity index (χ1v) is 13.3. The number of rotatable bonds is 5. The number of aliphatic hydroxyl groups excluding tert-OH is 1. The third kappa shape index (κ3) is 3.80. The van der Waals surface area contributed by atoms with E-state index in [0.29, 0.717) is 12.8 Å². The van der Waals surface area contributed by atoms with Crippen LogP contribution in [0.5, 0.6) is 0 Å². The third-order valence-electron chi connectivity index (χ3n) is 9.58. The Balaban J connectivity index is 1.82. The largest absolute Gasteiger partial charge is 0.458 e. The third-order valence-corrected chi connectivity index (χ3v) is 10.0. The highest BCUT2D eigenvalue weighted by molar-refractivity contribution is 6.21. The van der Waals surface area contributed by atoms with Crippen molar-refractivity contribution < 1.29 is 33.8 Å². The van der Waals surface area contributed by atoms with Gasteiger partial charge < -0.3 is 14.6 Å². The van der Waals surface area contributed by atoms with Crippen molar-refractivity contribution in [2.45, 2.75) is 77.9 Å². The van der Waals surface area contributed by atoms with Crippen LogP contribution in [0.4, 0.5) is 0 Å². The Morgan fingerprint density at radius 3 is 2.53 bits per heavy atom. The molecule has 0 saturated heterocycles. The molecule has 0 heterocycles. The van der Waals surface area contributed by atoms with Crippen LogP contribution in [-0.2, 0) is 28.7 Å². The second-order valence-electron chi connectivity index (χ2n) is 12.0. The van der Waals surface area contributed by atoms with Crippen molar-refractivity contribution in [2.75, 3.05) is 6.61 Å². The minimum atomic E-state index is -1.56. The molecule has 198 valence electrons. The van der Waals surface area contributed by atoms with E-state index in [1.54, 1.807) is 26.0 Å². The Morgan fingerprint density at radius 2 is 1.92 bits per heavy atom. The Kier molecular flexibility index (Phi) is 6.83. The zero-order chi connectivity index (χ0) is 26.8. The summed E-state index contributed by atoms with van der Waals surface area (Å²) in [4.78, 5) is 50.5. The first kappa shape index (κ1) is 27.1. The average molecular weight is 521 g/mol. The monoisotopic (exact) mass is 520 g/mol. The van der Waals surface area contributed by atoms with Crippen molar-refractivity contribution in [3.8, 4) is 0 Å². The standard InChI is InChI=1S/C28H37ClO7/c1-14(2)25(34)36-28(22(33)13-35-16(4)30)15(3)9-19-23-20(29)11-17-10-18(31)7-8-26(17,5)24(23)21(32)12-27(19,28)6/h7-8,10,14-15,19-21,23-24,32H,9,11-13H2,1-6H3/t15?,19-,20?,21?,23+,24-,26-,27-,28-/m0/s1. The van der Waals surface area contributed by atoms with Gasteiger partial charge in [0.05, 0.1) is 12.0 Å². The van der Waals surface area contributed by atoms with Crippen molar-refractivity contribution in [3.05, 3.63) is 23.8 Å². The molecule has 0 aromatic rings. The molecule has 0 aromatic carbocycles. The highest BCUT2D eigenvalue weighted by Crippen LogP contribution is 2.69. The molecule has 1 N–H and O–H groups in total. The van der Waals surface area contributed by atoms with E-state index >= 15 is 0 Å². The summed E-state index contributed by atoms with van der Waals surface area (Å²) in [7, 11) is 0. The molecule has 4 rings (SSSR count). The van der Waals surface area contributed by atoms with E-state index in [9.17, 15) is 24.3 Å². The van der Waals surface area contributed by atoms with Gasteiger partial charge in [0.25, 0.3) is 0 Å². The number of esters is 2. The van der Waals surface area contributed by atoms with Gasteiger partial charge in [-0.3, -0.25) is 19.2 Å². The van der Waals surface area contributed by atoms with Crippen LogP contribution in [0.15, 0.2) is 23.8 Å². The van der Waals surface area contributed by atoms with E-state index in [4.69, 9.17) is 21.1 Å². The molecule has 0 aliphatic heterocycles. The lowest BCUT2D eigenvalue weighted by Crippen LogP contribution is -2.65. The summed E-state index contributed by atoms with van der Waals surface area (Å²) < 4.78 is 11.2. The molecule has 4 aliphatic rings. The molecule has 3 fully saturated rings. The number of hydrogen-bond donors (Lipinski definition) is 1. The molecular weight excluding hydrogens is 484 g/mol. The fourth-order valence-electron chi connectivity index (χ4n) is 7.98. The van der Waals surface area contributed by atoms with Gasteiger partial charge in [-0.2, -0.15) is 0 Å². The van der Waals surface area contributed by atoms with Crippen molar-refractivity contribution >= 4 is 35.1 Å². The van der Waals surface area contributed by atoms with Crippen LogP contribution < -0.4 is 0 Å². The van der Waals surface area contributed by atoms with Crippen LogP contribution in [0.25, 0.3) is 0 Å². The van der Waals surface area contributed by atoms with E-state index in [0.717, 1.165) is 5.57 Å². The molecule has 9 atom stereocenters. The van der Waals surface area contributed by atoms with E-state index in [1.807, 2.05) is 26.8 Å². The van der Waals surface area contributed by atoms with E-state index in [2.05, 4.69) is 0 Å². The number of aliphatic hydroxyl groups is 1. The highest BCUT2D eigenvalue weighted by Gasteiger charge is 2.74. The molecular formula is C28H37ClO7. The highest BCUT2D eigenvalue weighted by atomic mass is 35.5. The number of ether oxygens (including phenoxy) is 2. The maximum atomic E-state index is 13.8. The van der Waals surface area contributed by atoms with Gasteiger partial charge in [-0.05, 0) is 43.3 Å². The molecule has 8 heteroatoms. The normalized spacial score (nSPS) is 43.2. The predicted molar refractivity (Wildman–Crippen MR) is 133 cm³/mol. The zero-order valence-corrected chi connectivity index (χ0v) is 22.6. The molecule has 36 heavy (non-hydrogen) atoms. The summed E-state index contributed by atoms with van der Waals surface area (Å²) in [6.45, 7) is 9.99. The Hall–Kier alpha value is -1.99. The fraction of sp³-hybridized carbons (Fsp3) is 0.714. The lowest BCUT2D eigenvalue weighted by molar-refractivity contribution is -0.207. The summed E-state index contributed by atoms with van der Waals surface area (Å²) in [5, 5.41) is 11.4. The van der Waals surface area contributed by atoms with Crippen LogP contribution in [-0.4, -0.2) is 52.3 Å². The lowest BCUT2D eigenvalue weighted by Gasteiger charge is -2.61. The molecule has 3 saturated carbocycles. The topological polar surface area (TPSA) is 107 Å². The van der Waals surface area contributed by atoms with Gasteiger partial charge in [0, 0.05) is 35.0 Å². The molecule has 0 radical (unpaired) electrons. The first-order valence-electron chi connectivity index (χ1n) is 12.8. The smallest absolute Gasteiger partial charge is 0.309 e. The molecule has 0 aromatic heterocycles. The van der Waals surface area contributed by atoms with Crippen molar-refractivity contribution in [3.63, 3.8) is 0 Å². The second kappa shape index (κ2) is 9.09. The first-order chi connectivity index (χ1) is 16.7. The van der Waals surface area contributed by atoms with Crippen molar-refractivity contribution in [1.82, 2.24) is 0 Å². The van der Waals surface area contributed by atoms with E-state index in [1.165, 1.54) is 6.92 Å². The lowest BCUT2D eigenvalue weighted by atomic mass is 9.46. The molecule has 4 aliphatic carbocycles. The predicted octanol–water partition coefficient (Wildman–Crippen LogP) is 3.80. The van der Waals surface area contributed by atoms with Crippen molar-refractivity contribution in [1.29, 1.82) is 0 Å². The van der Waals surface area contributed by atoms with Crippen LogP contribution in [0.3, 0.4) is 0 Å². The van der Waals surface area contributed by atoms with Crippen molar-refractivity contribution in [2.24, 2.45) is 40.4 Å². The van der Waals surface area contributed by atoms with Crippen LogP contribution >= 0.6 is 11.6 Å². The minimum absolute atomic E-state index is 0.0786. The molecule has 0 bridgehead atoms. The average Bonchev–Trinajstić information content (AvgIpc) is 2.99. The maximum Gasteiger partial charge on any atom is 0.309 e. The Morgan fingerprint density at radius 1 is 1.25 bits per heavy atom. The Bertz CT molecular complexity index is 1050. The molecule has 7 nitrogen and oxygen atoms in total. The van der Waals surface area contributed by atoms with E-state index < -0.39 is 52.8 Å². The SMILES string of the molecule is CC(=O)OCC(=O)[C@@]1(OC(=O)C(C)C)C(C)C[C@H]2[C@@H]3C(Cl)CC4=CC(=O)C=C[C@]4(C)[C@H]3C(O)C[C@@]21C. The second-order valence-corrected chi connectivity index (χ2v) is 12.5. The van der Waals surface area contributed by atoms with Gasteiger partial charge in [-0.15, -0.1) is 11.6 Å². The maximum absolute atomic E-state index is 13.8. The van der Waals surface area contributed by atoms with Gasteiger partial charge in [0.15, 0.2) is 18.0 Å². The van der Waals surface area contributed by atoms with Gasteiger partial charge >= 0.3 is 11.9 Å². The van der Waals surface area contributed by atoms with Gasteiger partial charge in [-0.25, -0.2) is 0 Å². The number of alkyl halides is 1. The molecule has 3 unspecified atom stereocenters. The van der Waals surface area contributed by atoms with Crippen LogP contribution in [0.1, 0.15) is 60.8 Å². The summed E-state index contributed by atoms with van der Waals surface area (Å²) in [5.74, 6) is -3.05. The number of halogens is 1. The number of carbonyl (C=O) groups is 4. The Labute approximate surface area is 217 Å². The van der Waals surface area contributed by atoms with Crippen LogP contribution in [0, 0.1) is 40.4 Å². The summed E-state index contributed by atoms with van der Waals surface area (Å²) in [5.41, 5.74) is -2.09. The summed E-state index contributed by atoms with van der Waals surface area (Å²) in [6.07, 6.45) is 5.53. The van der Waals surface area contributed by atoms with Gasteiger partial charge in [-0.1, -0.05) is 46.3 Å². The number of fused-ring (bicyclic) bond motifs is 5.